The number of hydrogen-bond acceptors (Lipinski definition) is 5. The zero-order valence-corrected chi connectivity index (χ0v) is 13.8. The first kappa shape index (κ1) is 15.6. The van der Waals surface area contributed by atoms with Gasteiger partial charge in [0.1, 0.15) is 5.82 Å². The Morgan fingerprint density at radius 2 is 1.92 bits per heavy atom. The van der Waals surface area contributed by atoms with Gasteiger partial charge in [-0.25, -0.2) is 9.37 Å². The van der Waals surface area contributed by atoms with Gasteiger partial charge in [0.25, 0.3) is 11.9 Å². The molecule has 3 heterocycles. The van der Waals surface area contributed by atoms with E-state index in [0.717, 1.165) is 5.69 Å². The van der Waals surface area contributed by atoms with Crippen LogP contribution in [-0.4, -0.2) is 47.0 Å². The molecule has 3 aromatic rings. The highest BCUT2D eigenvalue weighted by molar-refractivity contribution is 5.94. The minimum Gasteiger partial charge on any atom is -0.422 e. The van der Waals surface area contributed by atoms with E-state index in [0.29, 0.717) is 49.0 Å². The third-order valence-corrected chi connectivity index (χ3v) is 4.29. The molecule has 6 nitrogen and oxygen atoms in total. The Morgan fingerprint density at radius 1 is 1.12 bits per heavy atom. The van der Waals surface area contributed by atoms with Crippen LogP contribution >= 0.6 is 0 Å². The van der Waals surface area contributed by atoms with Gasteiger partial charge in [-0.05, 0) is 37.3 Å². The van der Waals surface area contributed by atoms with Crippen LogP contribution in [0.25, 0.3) is 11.2 Å². The summed E-state index contributed by atoms with van der Waals surface area (Å²) in [4.78, 5) is 25.0. The first-order chi connectivity index (χ1) is 12.1. The summed E-state index contributed by atoms with van der Waals surface area (Å²) in [5.41, 5.74) is 2.50. The molecule has 7 heteroatoms. The van der Waals surface area contributed by atoms with Crippen LogP contribution in [0.2, 0.25) is 0 Å². The molecule has 1 fully saturated rings. The SMILES string of the molecule is Cc1ccc2oc(N3CCN(C(=O)c4cccc(F)c4)CC3)nc2n1. The van der Waals surface area contributed by atoms with E-state index < -0.39 is 5.82 Å². The van der Waals surface area contributed by atoms with E-state index in [1.54, 1.807) is 17.0 Å². The third kappa shape index (κ3) is 3.05. The van der Waals surface area contributed by atoms with Crippen molar-refractivity contribution in [2.45, 2.75) is 6.92 Å². The standard InChI is InChI=1S/C18H17FN4O2/c1-12-5-6-15-16(20-12)21-18(25-15)23-9-7-22(8-10-23)17(24)13-3-2-4-14(19)11-13/h2-6,11H,7-10H2,1H3. The lowest BCUT2D eigenvalue weighted by molar-refractivity contribution is 0.0744. The number of amides is 1. The first-order valence-electron chi connectivity index (χ1n) is 8.14. The Balaban J connectivity index is 1.46. The van der Waals surface area contributed by atoms with Crippen molar-refractivity contribution >= 4 is 23.2 Å². The number of halogens is 1. The molecule has 1 aromatic carbocycles. The van der Waals surface area contributed by atoms with E-state index in [2.05, 4.69) is 9.97 Å². The summed E-state index contributed by atoms with van der Waals surface area (Å²) in [6, 6.07) is 10.0. The Bertz CT molecular complexity index is 932. The average molecular weight is 340 g/mol. The second-order valence-electron chi connectivity index (χ2n) is 6.06. The minimum atomic E-state index is -0.404. The molecule has 1 aliphatic rings. The second kappa shape index (κ2) is 6.16. The maximum Gasteiger partial charge on any atom is 0.300 e. The lowest BCUT2D eigenvalue weighted by Gasteiger charge is -2.33. The molecule has 1 amide bonds. The highest BCUT2D eigenvalue weighted by Gasteiger charge is 2.25. The third-order valence-electron chi connectivity index (χ3n) is 4.29. The molecule has 0 radical (unpaired) electrons. The van der Waals surface area contributed by atoms with Crippen LogP contribution in [0.5, 0.6) is 0 Å². The van der Waals surface area contributed by atoms with Gasteiger partial charge in [-0.3, -0.25) is 4.79 Å². The number of piperazine rings is 1. The smallest absolute Gasteiger partial charge is 0.300 e. The maximum absolute atomic E-state index is 13.3. The topological polar surface area (TPSA) is 62.5 Å². The van der Waals surface area contributed by atoms with Gasteiger partial charge in [-0.1, -0.05) is 6.07 Å². The monoisotopic (exact) mass is 340 g/mol. The fraction of sp³-hybridized carbons (Fsp3) is 0.278. The Kier molecular flexibility index (Phi) is 3.83. The Labute approximate surface area is 143 Å². The van der Waals surface area contributed by atoms with Crippen LogP contribution in [0.1, 0.15) is 16.1 Å². The molecule has 0 bridgehead atoms. The van der Waals surface area contributed by atoms with E-state index in [-0.39, 0.29) is 5.91 Å². The predicted octanol–water partition coefficient (Wildman–Crippen LogP) is 2.63. The summed E-state index contributed by atoms with van der Waals surface area (Å²) < 4.78 is 19.1. The molecule has 0 spiro atoms. The van der Waals surface area contributed by atoms with Gasteiger partial charge in [0, 0.05) is 37.4 Å². The lowest BCUT2D eigenvalue weighted by atomic mass is 10.2. The zero-order chi connectivity index (χ0) is 17.4. The fourth-order valence-electron chi connectivity index (χ4n) is 2.94. The van der Waals surface area contributed by atoms with E-state index >= 15 is 0 Å². The highest BCUT2D eigenvalue weighted by atomic mass is 19.1. The van der Waals surface area contributed by atoms with E-state index in [4.69, 9.17) is 4.42 Å². The van der Waals surface area contributed by atoms with Crippen LogP contribution in [0.15, 0.2) is 40.8 Å². The molecule has 1 saturated heterocycles. The van der Waals surface area contributed by atoms with Gasteiger partial charge in [0.2, 0.25) is 5.65 Å². The van der Waals surface area contributed by atoms with E-state index in [1.165, 1.54) is 12.1 Å². The number of pyridine rings is 1. The van der Waals surface area contributed by atoms with Gasteiger partial charge >= 0.3 is 0 Å². The van der Waals surface area contributed by atoms with Crippen LogP contribution in [0.3, 0.4) is 0 Å². The molecule has 0 N–H and O–H groups in total. The highest BCUT2D eigenvalue weighted by Crippen LogP contribution is 2.22. The van der Waals surface area contributed by atoms with Crippen LogP contribution in [0, 0.1) is 12.7 Å². The zero-order valence-electron chi connectivity index (χ0n) is 13.8. The van der Waals surface area contributed by atoms with Gasteiger partial charge < -0.3 is 14.2 Å². The molecule has 0 saturated carbocycles. The van der Waals surface area contributed by atoms with Gasteiger partial charge in [0.05, 0.1) is 0 Å². The molecule has 0 aliphatic carbocycles. The fourth-order valence-corrected chi connectivity index (χ4v) is 2.94. The molecule has 4 rings (SSSR count). The quantitative estimate of drug-likeness (QED) is 0.718. The Morgan fingerprint density at radius 3 is 2.68 bits per heavy atom. The number of carbonyl (C=O) groups excluding carboxylic acids is 1. The summed E-state index contributed by atoms with van der Waals surface area (Å²) in [5.74, 6) is -0.562. The van der Waals surface area contributed by atoms with Crippen molar-refractivity contribution in [2.75, 3.05) is 31.1 Å². The number of carbonyl (C=O) groups is 1. The molecule has 0 atom stereocenters. The summed E-state index contributed by atoms with van der Waals surface area (Å²) >= 11 is 0. The summed E-state index contributed by atoms with van der Waals surface area (Å²) in [6.07, 6.45) is 0. The lowest BCUT2D eigenvalue weighted by Crippen LogP contribution is -2.48. The number of aromatic nitrogens is 2. The van der Waals surface area contributed by atoms with Crippen molar-refractivity contribution in [3.8, 4) is 0 Å². The normalized spacial score (nSPS) is 15.0. The van der Waals surface area contributed by atoms with Crippen molar-refractivity contribution in [1.82, 2.24) is 14.9 Å². The van der Waals surface area contributed by atoms with Crippen LogP contribution in [0.4, 0.5) is 10.4 Å². The van der Waals surface area contributed by atoms with Gasteiger partial charge in [0.15, 0.2) is 5.58 Å². The summed E-state index contributed by atoms with van der Waals surface area (Å²) in [6.45, 7) is 4.17. The number of nitrogens with zero attached hydrogens (tertiary/aromatic N) is 4. The largest absolute Gasteiger partial charge is 0.422 e. The van der Waals surface area contributed by atoms with Crippen LogP contribution < -0.4 is 4.90 Å². The number of oxazole rings is 1. The minimum absolute atomic E-state index is 0.158. The summed E-state index contributed by atoms with van der Waals surface area (Å²) in [5, 5.41) is 0. The molecule has 2 aromatic heterocycles. The predicted molar refractivity (Wildman–Crippen MR) is 91.1 cm³/mol. The maximum atomic E-state index is 13.3. The molecule has 1 aliphatic heterocycles. The van der Waals surface area contributed by atoms with Gasteiger partial charge in [-0.15, -0.1) is 0 Å². The number of benzene rings is 1. The first-order valence-corrected chi connectivity index (χ1v) is 8.14. The van der Waals surface area contributed by atoms with Crippen molar-refractivity contribution in [3.05, 3.63) is 53.5 Å². The number of fused-ring (bicyclic) bond motifs is 1. The molecule has 128 valence electrons. The van der Waals surface area contributed by atoms with Gasteiger partial charge in [-0.2, -0.15) is 4.98 Å². The number of aryl methyl sites for hydroxylation is 1. The number of rotatable bonds is 2. The Hall–Kier alpha value is -2.96. The molecule has 25 heavy (non-hydrogen) atoms. The van der Waals surface area contributed by atoms with Crippen molar-refractivity contribution in [2.24, 2.45) is 0 Å². The van der Waals surface area contributed by atoms with E-state index in [1.807, 2.05) is 24.0 Å². The number of hydrogen-bond donors (Lipinski definition) is 0. The van der Waals surface area contributed by atoms with E-state index in [9.17, 15) is 9.18 Å². The average Bonchev–Trinajstić information content (AvgIpc) is 3.04. The number of anilines is 1. The van der Waals surface area contributed by atoms with Crippen LogP contribution in [-0.2, 0) is 0 Å². The van der Waals surface area contributed by atoms with Crippen molar-refractivity contribution < 1.29 is 13.6 Å². The second-order valence-corrected chi connectivity index (χ2v) is 6.06. The molecule has 0 unspecified atom stereocenters. The van der Waals surface area contributed by atoms with Crippen molar-refractivity contribution in [1.29, 1.82) is 0 Å². The van der Waals surface area contributed by atoms with Crippen molar-refractivity contribution in [3.63, 3.8) is 0 Å². The molecular weight excluding hydrogens is 323 g/mol. The summed E-state index contributed by atoms with van der Waals surface area (Å²) in [7, 11) is 0. The molecular formula is C18H17FN4O2.